The van der Waals surface area contributed by atoms with E-state index in [4.69, 9.17) is 14.2 Å². The van der Waals surface area contributed by atoms with Crippen LogP contribution in [0, 0.1) is 0 Å². The lowest BCUT2D eigenvalue weighted by molar-refractivity contribution is -0.889. The van der Waals surface area contributed by atoms with Gasteiger partial charge >= 0.3 is 11.9 Å². The highest BCUT2D eigenvalue weighted by atomic mass is 16.6. The summed E-state index contributed by atoms with van der Waals surface area (Å²) in [5, 5.41) is 11.6. The number of aliphatic carboxylic acids is 1. The fourth-order valence-electron chi connectivity index (χ4n) is 6.36. The van der Waals surface area contributed by atoms with Gasteiger partial charge < -0.3 is 28.6 Å². The van der Waals surface area contributed by atoms with E-state index in [9.17, 15) is 19.5 Å². The summed E-state index contributed by atoms with van der Waals surface area (Å²) in [6, 6.07) is -0.737. The predicted molar refractivity (Wildman–Crippen MR) is 249 cm³/mol. The maximum Gasteiger partial charge on any atom is 0.306 e. The molecule has 0 amide bonds. The van der Waals surface area contributed by atoms with Crippen LogP contribution in [0.5, 0.6) is 0 Å². The van der Waals surface area contributed by atoms with Crippen molar-refractivity contribution < 1.29 is 38.2 Å². The fraction of sp³-hybridized carbons (Fsp3) is 0.673. The number of allylic oxidation sites excluding steroid dienone is 14. The number of carboxylic acids is 1. The maximum atomic E-state index is 12.7. The van der Waals surface area contributed by atoms with E-state index in [0.29, 0.717) is 12.8 Å². The molecule has 0 aromatic rings. The number of carbonyl (C=O) groups excluding carboxylic acids is 3. The predicted octanol–water partition coefficient (Wildman–Crippen LogP) is 12.0. The Balaban J connectivity index is 4.40. The average molecular weight is 838 g/mol. The second-order valence-electron chi connectivity index (χ2n) is 16.6. The number of rotatable bonds is 41. The van der Waals surface area contributed by atoms with Crippen molar-refractivity contribution in [3.05, 3.63) is 85.1 Å². The van der Waals surface area contributed by atoms with Crippen molar-refractivity contribution in [2.45, 2.75) is 187 Å². The lowest BCUT2D eigenvalue weighted by Crippen LogP contribution is -2.55. The van der Waals surface area contributed by atoms with Gasteiger partial charge in [-0.15, -0.1) is 0 Å². The molecule has 2 atom stereocenters. The van der Waals surface area contributed by atoms with E-state index in [0.717, 1.165) is 77.0 Å². The van der Waals surface area contributed by atoms with E-state index in [-0.39, 0.29) is 49.1 Å². The van der Waals surface area contributed by atoms with Crippen LogP contribution in [-0.4, -0.2) is 75.5 Å². The molecule has 8 nitrogen and oxygen atoms in total. The lowest BCUT2D eigenvalue weighted by Gasteiger charge is -2.34. The van der Waals surface area contributed by atoms with Gasteiger partial charge in [0.1, 0.15) is 12.6 Å². The highest BCUT2D eigenvalue weighted by molar-refractivity contribution is 5.70. The van der Waals surface area contributed by atoms with E-state index in [1.807, 2.05) is 0 Å². The van der Waals surface area contributed by atoms with E-state index in [1.165, 1.54) is 57.8 Å². The van der Waals surface area contributed by atoms with Gasteiger partial charge in [0.2, 0.25) is 0 Å². The quantitative estimate of drug-likeness (QED) is 0.0261. The summed E-state index contributed by atoms with van der Waals surface area (Å²) >= 11 is 0. The number of carbonyl (C=O) groups is 3. The molecule has 8 heteroatoms. The van der Waals surface area contributed by atoms with Crippen molar-refractivity contribution >= 4 is 17.9 Å². The zero-order chi connectivity index (χ0) is 44.2. The first-order chi connectivity index (χ1) is 29.1. The first-order valence-electron chi connectivity index (χ1n) is 23.6. The van der Waals surface area contributed by atoms with Crippen LogP contribution in [0.25, 0.3) is 0 Å². The van der Waals surface area contributed by atoms with Crippen LogP contribution in [0.1, 0.15) is 174 Å². The number of hydrogen-bond acceptors (Lipinski definition) is 7. The van der Waals surface area contributed by atoms with Crippen LogP contribution >= 0.6 is 0 Å². The molecule has 0 aromatic heterocycles. The second-order valence-corrected chi connectivity index (χ2v) is 16.6. The van der Waals surface area contributed by atoms with Crippen LogP contribution in [0.4, 0.5) is 0 Å². The van der Waals surface area contributed by atoms with Crippen molar-refractivity contribution in [3.8, 4) is 0 Å². The van der Waals surface area contributed by atoms with Crippen LogP contribution in [0.2, 0.25) is 0 Å². The van der Waals surface area contributed by atoms with Gasteiger partial charge in [-0.1, -0.05) is 150 Å². The average Bonchev–Trinajstić information content (AvgIpc) is 3.21. The number of quaternary nitrogens is 1. The van der Waals surface area contributed by atoms with Gasteiger partial charge in [-0.3, -0.25) is 9.59 Å². The van der Waals surface area contributed by atoms with Crippen LogP contribution < -0.4 is 5.11 Å². The molecule has 0 saturated heterocycles. The zero-order valence-electron chi connectivity index (χ0n) is 38.8. The van der Waals surface area contributed by atoms with Crippen LogP contribution in [-0.2, 0) is 28.6 Å². The van der Waals surface area contributed by atoms with Crippen molar-refractivity contribution in [1.29, 1.82) is 0 Å². The van der Waals surface area contributed by atoms with E-state index >= 15 is 0 Å². The van der Waals surface area contributed by atoms with Crippen molar-refractivity contribution in [2.75, 3.05) is 41.0 Å². The lowest BCUT2D eigenvalue weighted by atomic mass is 10.1. The SMILES string of the molecule is CC/C=C/C/C=C/C/C=C/C/C=C/C/C=C/C/C=C/CCCCC(=O)OCC(COCCC(C(=O)[O-])[N+](C)(C)C)OC(=O)CCCCCCCCC/C=C/CCCCCC. The monoisotopic (exact) mass is 838 g/mol. The Hall–Kier alpha value is -3.49. The summed E-state index contributed by atoms with van der Waals surface area (Å²) in [5.41, 5.74) is 0. The molecule has 0 saturated carbocycles. The number of ether oxygens (including phenoxy) is 3. The van der Waals surface area contributed by atoms with Gasteiger partial charge in [-0.05, 0) is 89.9 Å². The molecule has 342 valence electrons. The molecule has 0 N–H and O–H groups in total. The normalized spacial score (nSPS) is 13.7. The molecular weight excluding hydrogens is 751 g/mol. The van der Waals surface area contributed by atoms with Crippen molar-refractivity contribution in [2.24, 2.45) is 0 Å². The minimum Gasteiger partial charge on any atom is -0.544 e. The van der Waals surface area contributed by atoms with Gasteiger partial charge in [0, 0.05) is 19.3 Å². The molecule has 0 aliphatic rings. The Labute approximate surface area is 367 Å². The topological polar surface area (TPSA) is 102 Å². The summed E-state index contributed by atoms with van der Waals surface area (Å²) in [4.78, 5) is 36.9. The van der Waals surface area contributed by atoms with Gasteiger partial charge in [-0.2, -0.15) is 0 Å². The molecule has 0 fully saturated rings. The highest BCUT2D eigenvalue weighted by Crippen LogP contribution is 2.13. The molecule has 0 heterocycles. The zero-order valence-corrected chi connectivity index (χ0v) is 38.8. The number of carboxylic acid groups (broad SMARTS) is 1. The van der Waals surface area contributed by atoms with Gasteiger partial charge in [0.25, 0.3) is 0 Å². The number of hydrogen-bond donors (Lipinski definition) is 0. The third-order valence-electron chi connectivity index (χ3n) is 10.0. The summed E-state index contributed by atoms with van der Waals surface area (Å²) in [5.74, 6) is -1.81. The van der Waals surface area contributed by atoms with E-state index in [1.54, 1.807) is 21.1 Å². The standard InChI is InChI=1S/C52H87NO7/c1-6-8-10-12-14-16-18-20-22-23-24-25-26-27-29-30-32-34-36-38-40-42-50(54)59-47-48(46-58-45-44-49(52(56)57)53(3,4)5)60-51(55)43-41-39-37-35-33-31-28-21-19-17-15-13-11-9-7-2/h8,10,14,16-17,19-20,22,24-25,27,29,32,34,48-49H,6-7,9,11-13,15,18,21,23,26,28,30-31,33,35-47H2,1-5H3/b10-8+,16-14+,19-17+,22-20+,25-24+,29-27+,34-32+. The third-order valence-corrected chi connectivity index (χ3v) is 10.0. The van der Waals surface area contributed by atoms with Gasteiger partial charge in [-0.25, -0.2) is 0 Å². The summed E-state index contributed by atoms with van der Waals surface area (Å²) in [7, 11) is 5.39. The Kier molecular flexibility index (Phi) is 39.8. The van der Waals surface area contributed by atoms with Gasteiger partial charge in [0.05, 0.1) is 40.3 Å². The molecule has 0 bridgehead atoms. The molecule has 0 aromatic carbocycles. The fourth-order valence-corrected chi connectivity index (χ4v) is 6.36. The minimum atomic E-state index is -1.13. The molecule has 0 rings (SSSR count). The van der Waals surface area contributed by atoms with E-state index in [2.05, 4.69) is 98.9 Å². The van der Waals surface area contributed by atoms with Gasteiger partial charge in [0.15, 0.2) is 6.10 Å². The molecule has 2 unspecified atom stereocenters. The molecule has 0 aliphatic heterocycles. The largest absolute Gasteiger partial charge is 0.544 e. The first-order valence-corrected chi connectivity index (χ1v) is 23.6. The number of esters is 2. The Morgan fingerprint density at radius 3 is 1.43 bits per heavy atom. The van der Waals surface area contributed by atoms with Crippen LogP contribution in [0.15, 0.2) is 85.1 Å². The second kappa shape index (κ2) is 42.2. The first kappa shape index (κ1) is 56.5. The molecular formula is C52H87NO7. The maximum absolute atomic E-state index is 12.7. The van der Waals surface area contributed by atoms with Crippen LogP contribution in [0.3, 0.4) is 0 Å². The Morgan fingerprint density at radius 2 is 0.933 bits per heavy atom. The summed E-state index contributed by atoms with van der Waals surface area (Å²) in [6.07, 6.45) is 54.6. The molecule has 0 aliphatic carbocycles. The summed E-state index contributed by atoms with van der Waals surface area (Å²) < 4.78 is 17.1. The highest BCUT2D eigenvalue weighted by Gasteiger charge is 2.25. The number of nitrogens with zero attached hydrogens (tertiary/aromatic N) is 1. The Bertz CT molecular complexity index is 1250. The molecule has 0 spiro atoms. The third kappa shape index (κ3) is 39.9. The Morgan fingerprint density at radius 1 is 0.517 bits per heavy atom. The number of unbranched alkanes of at least 4 members (excludes halogenated alkanes) is 13. The molecule has 60 heavy (non-hydrogen) atoms. The molecule has 0 radical (unpaired) electrons. The smallest absolute Gasteiger partial charge is 0.306 e. The van der Waals surface area contributed by atoms with Crippen molar-refractivity contribution in [3.63, 3.8) is 0 Å². The summed E-state index contributed by atoms with van der Waals surface area (Å²) in [6.45, 7) is 4.47. The van der Waals surface area contributed by atoms with E-state index < -0.39 is 18.1 Å². The van der Waals surface area contributed by atoms with Crippen molar-refractivity contribution in [1.82, 2.24) is 0 Å². The number of likely N-dealkylation sites (N-methyl/N-ethyl adjacent to an activating group) is 1. The minimum absolute atomic E-state index is 0.0205.